The van der Waals surface area contributed by atoms with E-state index >= 15 is 0 Å². The first-order valence-electron chi connectivity index (χ1n) is 6.10. The molecule has 2 fully saturated rings. The third-order valence-corrected chi connectivity index (χ3v) is 4.75. The molecule has 1 aromatic rings. The van der Waals surface area contributed by atoms with Crippen LogP contribution in [-0.2, 0) is 6.54 Å². The fraction of sp³-hybridized carbons (Fsp3) is 0.538. The van der Waals surface area contributed by atoms with Gasteiger partial charge in [0.2, 0.25) is 0 Å². The van der Waals surface area contributed by atoms with Gasteiger partial charge < -0.3 is 5.32 Å². The van der Waals surface area contributed by atoms with Gasteiger partial charge in [0.25, 0.3) is 0 Å². The first-order chi connectivity index (χ1) is 8.24. The molecule has 0 unspecified atom stereocenters. The number of nitrogens with zero attached hydrogens (tertiary/aromatic N) is 1. The zero-order valence-electron chi connectivity index (χ0n) is 9.63. The van der Waals surface area contributed by atoms with Crippen LogP contribution in [0.4, 0.5) is 0 Å². The largest absolute Gasteiger partial charge is 0.316 e. The van der Waals surface area contributed by atoms with Crippen LogP contribution in [0, 0.1) is 11.8 Å². The molecule has 0 bridgehead atoms. The monoisotopic (exact) mass is 270 g/mol. The van der Waals surface area contributed by atoms with Crippen LogP contribution in [0.5, 0.6) is 0 Å². The van der Waals surface area contributed by atoms with Crippen molar-refractivity contribution in [3.8, 4) is 0 Å². The second-order valence-corrected chi connectivity index (χ2v) is 5.87. The highest BCUT2D eigenvalue weighted by atomic mass is 35.5. The molecule has 17 heavy (non-hydrogen) atoms. The zero-order chi connectivity index (χ0) is 11.8. The Morgan fingerprint density at radius 3 is 2.59 bits per heavy atom. The first-order valence-corrected chi connectivity index (χ1v) is 6.85. The maximum atomic E-state index is 6.22. The summed E-state index contributed by atoms with van der Waals surface area (Å²) < 4.78 is 0. The summed E-state index contributed by atoms with van der Waals surface area (Å²) in [4.78, 5) is 2.49. The van der Waals surface area contributed by atoms with Crippen LogP contribution in [0.15, 0.2) is 18.2 Å². The minimum atomic E-state index is 0.658. The molecule has 0 amide bonds. The molecule has 0 aliphatic carbocycles. The molecule has 2 nitrogen and oxygen atoms in total. The Morgan fingerprint density at radius 2 is 1.88 bits per heavy atom. The number of rotatable bonds is 2. The van der Waals surface area contributed by atoms with Crippen molar-refractivity contribution >= 4 is 23.2 Å². The molecular formula is C13H16Cl2N2. The van der Waals surface area contributed by atoms with Crippen molar-refractivity contribution in [1.29, 1.82) is 0 Å². The standard InChI is InChI=1S/C13H16Cl2N2/c14-12-3-1-2-9(13(12)15)6-17-7-10-4-16-5-11(10)8-17/h1-3,10-11,16H,4-8H2/t10-,11+. The molecule has 1 N–H and O–H groups in total. The molecule has 2 aliphatic heterocycles. The maximum Gasteiger partial charge on any atom is 0.0637 e. The summed E-state index contributed by atoms with van der Waals surface area (Å²) in [6.07, 6.45) is 0. The average molecular weight is 271 g/mol. The van der Waals surface area contributed by atoms with Crippen molar-refractivity contribution in [3.63, 3.8) is 0 Å². The average Bonchev–Trinajstić information content (AvgIpc) is 2.85. The highest BCUT2D eigenvalue weighted by Gasteiger charge is 2.35. The molecular weight excluding hydrogens is 255 g/mol. The van der Waals surface area contributed by atoms with E-state index in [0.29, 0.717) is 10.0 Å². The van der Waals surface area contributed by atoms with Gasteiger partial charge in [-0.25, -0.2) is 0 Å². The first kappa shape index (κ1) is 11.8. The lowest BCUT2D eigenvalue weighted by molar-refractivity contribution is 0.306. The van der Waals surface area contributed by atoms with Crippen molar-refractivity contribution in [2.24, 2.45) is 11.8 Å². The van der Waals surface area contributed by atoms with Gasteiger partial charge in [0.05, 0.1) is 10.0 Å². The minimum Gasteiger partial charge on any atom is -0.316 e. The third-order valence-electron chi connectivity index (χ3n) is 3.89. The summed E-state index contributed by atoms with van der Waals surface area (Å²) in [7, 11) is 0. The molecule has 2 saturated heterocycles. The smallest absolute Gasteiger partial charge is 0.0637 e. The van der Waals surface area contributed by atoms with Crippen LogP contribution in [0.1, 0.15) is 5.56 Å². The predicted octanol–water partition coefficient (Wildman–Crippen LogP) is 2.64. The summed E-state index contributed by atoms with van der Waals surface area (Å²) >= 11 is 12.3. The summed E-state index contributed by atoms with van der Waals surface area (Å²) in [5.41, 5.74) is 1.15. The van der Waals surface area contributed by atoms with Crippen LogP contribution in [0.25, 0.3) is 0 Å². The lowest BCUT2D eigenvalue weighted by atomic mass is 10.0. The number of hydrogen-bond acceptors (Lipinski definition) is 2. The molecule has 2 atom stereocenters. The predicted molar refractivity (Wildman–Crippen MR) is 71.6 cm³/mol. The molecule has 2 aliphatic rings. The molecule has 2 heterocycles. The molecule has 1 aromatic carbocycles. The second-order valence-electron chi connectivity index (χ2n) is 5.09. The lowest BCUT2D eigenvalue weighted by Gasteiger charge is -2.18. The number of benzene rings is 1. The Labute approximate surface area is 112 Å². The molecule has 0 radical (unpaired) electrons. The van der Waals surface area contributed by atoms with Gasteiger partial charge in [-0.1, -0.05) is 35.3 Å². The maximum absolute atomic E-state index is 6.22. The quantitative estimate of drug-likeness (QED) is 0.889. The molecule has 3 rings (SSSR count). The van der Waals surface area contributed by atoms with Crippen LogP contribution >= 0.6 is 23.2 Å². The fourth-order valence-electron chi connectivity index (χ4n) is 2.99. The Balaban J connectivity index is 1.70. The van der Waals surface area contributed by atoms with E-state index in [0.717, 1.165) is 23.9 Å². The number of hydrogen-bond donors (Lipinski definition) is 1. The molecule has 0 aromatic heterocycles. The number of nitrogens with one attached hydrogen (secondary N) is 1. The van der Waals surface area contributed by atoms with Gasteiger partial charge in [0, 0.05) is 19.6 Å². The summed E-state index contributed by atoms with van der Waals surface area (Å²) in [5, 5.41) is 4.83. The van der Waals surface area contributed by atoms with E-state index in [9.17, 15) is 0 Å². The highest BCUT2D eigenvalue weighted by molar-refractivity contribution is 6.42. The van der Waals surface area contributed by atoms with Crippen LogP contribution in [-0.4, -0.2) is 31.1 Å². The van der Waals surface area contributed by atoms with Crippen molar-refractivity contribution in [2.75, 3.05) is 26.2 Å². The van der Waals surface area contributed by atoms with Crippen LogP contribution in [0.2, 0.25) is 10.0 Å². The van der Waals surface area contributed by atoms with Gasteiger partial charge in [-0.05, 0) is 36.6 Å². The summed E-state index contributed by atoms with van der Waals surface area (Å²) in [6.45, 7) is 5.63. The van der Waals surface area contributed by atoms with E-state index in [1.54, 1.807) is 0 Å². The van der Waals surface area contributed by atoms with Crippen LogP contribution < -0.4 is 5.32 Å². The fourth-order valence-corrected chi connectivity index (χ4v) is 3.37. The Hall–Kier alpha value is -0.280. The van der Waals surface area contributed by atoms with Crippen molar-refractivity contribution in [3.05, 3.63) is 33.8 Å². The van der Waals surface area contributed by atoms with E-state index in [2.05, 4.69) is 16.3 Å². The van der Waals surface area contributed by atoms with E-state index < -0.39 is 0 Å². The van der Waals surface area contributed by atoms with Gasteiger partial charge in [0.1, 0.15) is 0 Å². The Morgan fingerprint density at radius 1 is 1.18 bits per heavy atom. The molecule has 0 saturated carbocycles. The number of likely N-dealkylation sites (tertiary alicyclic amines) is 1. The normalized spacial score (nSPS) is 28.6. The van der Waals surface area contributed by atoms with Crippen molar-refractivity contribution < 1.29 is 0 Å². The van der Waals surface area contributed by atoms with Gasteiger partial charge in [-0.15, -0.1) is 0 Å². The van der Waals surface area contributed by atoms with Crippen LogP contribution in [0.3, 0.4) is 0 Å². The van der Waals surface area contributed by atoms with Gasteiger partial charge in [-0.2, -0.15) is 0 Å². The zero-order valence-corrected chi connectivity index (χ0v) is 11.1. The second kappa shape index (κ2) is 4.77. The van der Waals surface area contributed by atoms with Gasteiger partial charge in [0.15, 0.2) is 0 Å². The molecule has 4 heteroatoms. The minimum absolute atomic E-state index is 0.658. The van der Waals surface area contributed by atoms with E-state index in [4.69, 9.17) is 23.2 Å². The van der Waals surface area contributed by atoms with E-state index in [1.807, 2.05) is 12.1 Å². The van der Waals surface area contributed by atoms with E-state index in [1.165, 1.54) is 26.2 Å². The van der Waals surface area contributed by atoms with Crippen molar-refractivity contribution in [1.82, 2.24) is 10.2 Å². The van der Waals surface area contributed by atoms with Gasteiger partial charge in [-0.3, -0.25) is 4.90 Å². The topological polar surface area (TPSA) is 15.3 Å². The lowest BCUT2D eigenvalue weighted by Crippen LogP contribution is -2.25. The highest BCUT2D eigenvalue weighted by Crippen LogP contribution is 2.31. The molecule has 92 valence electrons. The number of halogens is 2. The van der Waals surface area contributed by atoms with Crippen molar-refractivity contribution in [2.45, 2.75) is 6.54 Å². The summed E-state index contributed by atoms with van der Waals surface area (Å²) in [5.74, 6) is 1.65. The van der Waals surface area contributed by atoms with E-state index in [-0.39, 0.29) is 0 Å². The Bertz CT molecular complexity index is 410. The SMILES string of the molecule is Clc1cccc(CN2C[C@H]3CNC[C@H]3C2)c1Cl. The Kier molecular flexibility index (Phi) is 3.31. The molecule has 0 spiro atoms. The summed E-state index contributed by atoms with van der Waals surface area (Å²) in [6, 6.07) is 5.89. The third kappa shape index (κ3) is 2.32. The van der Waals surface area contributed by atoms with Gasteiger partial charge >= 0.3 is 0 Å². The number of fused-ring (bicyclic) bond motifs is 1.